The Morgan fingerprint density at radius 2 is 2.17 bits per heavy atom. The van der Waals surface area contributed by atoms with Gasteiger partial charge in [0.15, 0.2) is 12.4 Å². The molecule has 1 amide bonds. The van der Waals surface area contributed by atoms with Gasteiger partial charge in [0.05, 0.1) is 0 Å². The highest BCUT2D eigenvalue weighted by molar-refractivity contribution is 7.10. The maximum atomic E-state index is 12.0. The molecule has 0 aliphatic carbocycles. The molecule has 0 atom stereocenters. The van der Waals surface area contributed by atoms with Gasteiger partial charge in [0, 0.05) is 30.3 Å². The van der Waals surface area contributed by atoms with Gasteiger partial charge in [-0.1, -0.05) is 12.5 Å². The van der Waals surface area contributed by atoms with Crippen molar-refractivity contribution in [2.24, 2.45) is 0 Å². The fourth-order valence-corrected chi connectivity index (χ4v) is 4.17. The highest BCUT2D eigenvalue weighted by atomic mass is 32.1. The molecular weight excluding hydrogens is 406 g/mol. The van der Waals surface area contributed by atoms with Crippen LogP contribution >= 0.6 is 11.3 Å². The van der Waals surface area contributed by atoms with Crippen molar-refractivity contribution in [1.82, 2.24) is 19.8 Å². The Morgan fingerprint density at radius 3 is 2.93 bits per heavy atom. The van der Waals surface area contributed by atoms with Gasteiger partial charge in [0.2, 0.25) is 0 Å². The van der Waals surface area contributed by atoms with Crippen LogP contribution < -0.4 is 10.1 Å². The average Bonchev–Trinajstić information content (AvgIpc) is 3.32. The van der Waals surface area contributed by atoms with Crippen LogP contribution in [0.3, 0.4) is 0 Å². The summed E-state index contributed by atoms with van der Waals surface area (Å²) in [7, 11) is 0. The molecule has 0 unspecified atom stereocenters. The second-order valence-electron chi connectivity index (χ2n) is 7.18. The summed E-state index contributed by atoms with van der Waals surface area (Å²) in [5.41, 5.74) is 0. The first-order chi connectivity index (χ1) is 14.5. The van der Waals surface area contributed by atoms with Crippen molar-refractivity contribution in [2.45, 2.75) is 39.3 Å². The molecule has 0 bridgehead atoms. The third-order valence-electron chi connectivity index (χ3n) is 4.91. The van der Waals surface area contributed by atoms with Gasteiger partial charge in [-0.3, -0.25) is 9.69 Å². The third kappa shape index (κ3) is 6.39. The number of hydrogen-bond acceptors (Lipinski definition) is 7. The van der Waals surface area contributed by atoms with E-state index < -0.39 is 4.92 Å². The van der Waals surface area contributed by atoms with Gasteiger partial charge in [-0.05, 0) is 43.0 Å². The van der Waals surface area contributed by atoms with E-state index in [1.165, 1.54) is 41.8 Å². The minimum absolute atomic E-state index is 0.138. The quantitative estimate of drug-likeness (QED) is 0.351. The largest absolute Gasteiger partial charge is 0.489 e. The molecule has 1 fully saturated rings. The molecule has 0 saturated carbocycles. The summed E-state index contributed by atoms with van der Waals surface area (Å²) in [6.07, 6.45) is 8.71. The maximum Gasteiger partial charge on any atom is 0.343 e. The Morgan fingerprint density at radius 1 is 1.37 bits per heavy atom. The standard InChI is InChI=1S/C20H27N5O4S/c1-16-22-12-20(25(27)28)24(16)14-19(26)21-7-3-6-10-29-17-11-18(30-15-17)13-23-8-4-2-5-9-23/h3,6,11-12,15H,2,4-5,7-10,13-14H2,1H3,(H,21,26). The Bertz CT molecular complexity index is 886. The lowest BCUT2D eigenvalue weighted by molar-refractivity contribution is -0.392. The number of carbonyl (C=O) groups excluding carboxylic acids is 1. The van der Waals surface area contributed by atoms with E-state index in [0.29, 0.717) is 19.0 Å². The summed E-state index contributed by atoms with van der Waals surface area (Å²) in [6, 6.07) is 2.09. The number of imidazole rings is 1. The molecule has 2 aromatic heterocycles. The Labute approximate surface area is 179 Å². The number of ether oxygens (including phenoxy) is 1. The predicted molar refractivity (Wildman–Crippen MR) is 115 cm³/mol. The number of likely N-dealkylation sites (tertiary alicyclic amines) is 1. The third-order valence-corrected chi connectivity index (χ3v) is 5.81. The Balaban J connectivity index is 1.34. The molecule has 0 spiro atoms. The van der Waals surface area contributed by atoms with E-state index in [0.717, 1.165) is 18.5 Å². The second kappa shape index (κ2) is 10.9. The van der Waals surface area contributed by atoms with Crippen LogP contribution in [-0.4, -0.2) is 51.5 Å². The lowest BCUT2D eigenvalue weighted by Gasteiger charge is -2.25. The molecule has 0 radical (unpaired) electrons. The molecule has 162 valence electrons. The lowest BCUT2D eigenvalue weighted by atomic mass is 10.1. The van der Waals surface area contributed by atoms with Gasteiger partial charge in [-0.15, -0.1) is 11.3 Å². The molecule has 1 aliphatic rings. The highest BCUT2D eigenvalue weighted by Crippen LogP contribution is 2.24. The minimum Gasteiger partial charge on any atom is -0.489 e. The van der Waals surface area contributed by atoms with Crippen LogP contribution in [0, 0.1) is 17.0 Å². The van der Waals surface area contributed by atoms with E-state index in [4.69, 9.17) is 4.74 Å². The van der Waals surface area contributed by atoms with E-state index in [-0.39, 0.29) is 18.3 Å². The van der Waals surface area contributed by atoms with Crippen LogP contribution in [0.2, 0.25) is 0 Å². The molecule has 1 N–H and O–H groups in total. The van der Waals surface area contributed by atoms with Crippen molar-refractivity contribution in [3.63, 3.8) is 0 Å². The Hall–Kier alpha value is -2.72. The van der Waals surface area contributed by atoms with Crippen LogP contribution in [0.1, 0.15) is 30.0 Å². The monoisotopic (exact) mass is 433 g/mol. The summed E-state index contributed by atoms with van der Waals surface area (Å²) in [4.78, 5) is 30.1. The zero-order chi connectivity index (χ0) is 21.3. The van der Waals surface area contributed by atoms with Gasteiger partial charge in [0.1, 0.15) is 18.6 Å². The molecule has 1 saturated heterocycles. The van der Waals surface area contributed by atoms with Crippen molar-refractivity contribution >= 4 is 23.1 Å². The van der Waals surface area contributed by atoms with E-state index in [2.05, 4.69) is 21.3 Å². The molecule has 0 aromatic carbocycles. The van der Waals surface area contributed by atoms with Crippen molar-refractivity contribution in [2.75, 3.05) is 26.2 Å². The number of thiophene rings is 1. The highest BCUT2D eigenvalue weighted by Gasteiger charge is 2.19. The first-order valence-electron chi connectivity index (χ1n) is 10.0. The molecule has 1 aliphatic heterocycles. The van der Waals surface area contributed by atoms with Gasteiger partial charge in [-0.25, -0.2) is 9.55 Å². The number of nitrogens with zero attached hydrogens (tertiary/aromatic N) is 4. The van der Waals surface area contributed by atoms with Gasteiger partial charge >= 0.3 is 5.82 Å². The SMILES string of the molecule is Cc1ncc([N+](=O)[O-])n1CC(=O)NCC=CCOc1csc(CN2CCCCC2)c1. The van der Waals surface area contributed by atoms with E-state index in [1.807, 2.05) is 11.5 Å². The maximum absolute atomic E-state index is 12.0. The van der Waals surface area contributed by atoms with Crippen LogP contribution in [0.5, 0.6) is 5.75 Å². The van der Waals surface area contributed by atoms with Gasteiger partial charge in [0.25, 0.3) is 5.91 Å². The van der Waals surface area contributed by atoms with E-state index in [9.17, 15) is 14.9 Å². The fraction of sp³-hybridized carbons (Fsp3) is 0.500. The van der Waals surface area contributed by atoms with Crippen LogP contribution in [0.15, 0.2) is 29.8 Å². The molecule has 3 heterocycles. The number of aryl methyl sites for hydroxylation is 1. The summed E-state index contributed by atoms with van der Waals surface area (Å²) in [5.74, 6) is 0.784. The van der Waals surface area contributed by atoms with Crippen LogP contribution in [0.25, 0.3) is 0 Å². The minimum atomic E-state index is -0.549. The smallest absolute Gasteiger partial charge is 0.343 e. The first kappa shape index (κ1) is 22.0. The summed E-state index contributed by atoms with van der Waals surface area (Å²) in [5, 5.41) is 15.7. The summed E-state index contributed by atoms with van der Waals surface area (Å²) >= 11 is 1.72. The normalized spacial score (nSPS) is 14.8. The number of rotatable bonds is 10. The van der Waals surface area contributed by atoms with E-state index >= 15 is 0 Å². The molecule has 30 heavy (non-hydrogen) atoms. The first-order valence-corrected chi connectivity index (χ1v) is 10.9. The summed E-state index contributed by atoms with van der Waals surface area (Å²) < 4.78 is 7.01. The topological polar surface area (TPSA) is 103 Å². The molecule has 10 heteroatoms. The zero-order valence-electron chi connectivity index (χ0n) is 17.1. The lowest BCUT2D eigenvalue weighted by Crippen LogP contribution is -2.28. The van der Waals surface area contributed by atoms with Gasteiger partial charge in [-0.2, -0.15) is 0 Å². The summed E-state index contributed by atoms with van der Waals surface area (Å²) in [6.45, 7) is 5.58. The average molecular weight is 434 g/mol. The molecule has 9 nitrogen and oxygen atoms in total. The molecule has 2 aromatic rings. The number of aromatic nitrogens is 2. The van der Waals surface area contributed by atoms with E-state index in [1.54, 1.807) is 24.3 Å². The Kier molecular flexibility index (Phi) is 7.97. The number of nitrogens with one attached hydrogen (secondary N) is 1. The number of nitro groups is 1. The van der Waals surface area contributed by atoms with Crippen LogP contribution in [0.4, 0.5) is 5.82 Å². The molecular formula is C20H27N5O4S. The van der Waals surface area contributed by atoms with Crippen LogP contribution in [-0.2, 0) is 17.9 Å². The van der Waals surface area contributed by atoms with Crippen molar-refractivity contribution < 1.29 is 14.5 Å². The number of amides is 1. The number of hydrogen-bond donors (Lipinski definition) is 1. The van der Waals surface area contributed by atoms with Gasteiger partial charge < -0.3 is 20.2 Å². The van der Waals surface area contributed by atoms with Crippen molar-refractivity contribution in [3.8, 4) is 5.75 Å². The number of carbonyl (C=O) groups is 1. The van der Waals surface area contributed by atoms with Crippen molar-refractivity contribution in [1.29, 1.82) is 0 Å². The number of piperidine rings is 1. The predicted octanol–water partition coefficient (Wildman–Crippen LogP) is 2.90. The zero-order valence-corrected chi connectivity index (χ0v) is 17.9. The fourth-order valence-electron chi connectivity index (χ4n) is 3.32. The second-order valence-corrected chi connectivity index (χ2v) is 8.17. The molecule has 3 rings (SSSR count). The van der Waals surface area contributed by atoms with Crippen molar-refractivity contribution in [3.05, 3.63) is 50.6 Å².